The van der Waals surface area contributed by atoms with E-state index in [0.717, 1.165) is 12.8 Å². The third kappa shape index (κ3) is 5.35. The van der Waals surface area contributed by atoms with Gasteiger partial charge in [0, 0.05) is 0 Å². The highest BCUT2D eigenvalue weighted by Gasteiger charge is 1.89. The van der Waals surface area contributed by atoms with Crippen molar-refractivity contribution in [3.8, 4) is 0 Å². The number of hydrogen-bond donors (Lipinski definition) is 0. The van der Waals surface area contributed by atoms with E-state index in [4.69, 9.17) is 11.6 Å². The van der Waals surface area contributed by atoms with Gasteiger partial charge in [-0.3, -0.25) is 0 Å². The van der Waals surface area contributed by atoms with E-state index >= 15 is 0 Å². The van der Waals surface area contributed by atoms with E-state index in [9.17, 15) is 4.79 Å². The van der Waals surface area contributed by atoms with Gasteiger partial charge in [0.05, 0.1) is 0 Å². The molecule has 0 aromatic rings. The highest BCUT2D eigenvalue weighted by molar-refractivity contribution is 6.33. The molecule has 0 heterocycles. The lowest BCUT2D eigenvalue weighted by Gasteiger charge is -1.88. The van der Waals surface area contributed by atoms with Gasteiger partial charge in [0.15, 0.2) is 0 Å². The van der Waals surface area contributed by atoms with Crippen LogP contribution in [0.3, 0.4) is 0 Å². The van der Waals surface area contributed by atoms with E-state index in [0.29, 0.717) is 6.42 Å². The molecule has 0 fully saturated rings. The smallest absolute Gasteiger partial charge is 0.140 e. The van der Waals surface area contributed by atoms with E-state index in [2.05, 4.69) is 6.58 Å². The maximum Gasteiger partial charge on any atom is 0.140 e. The summed E-state index contributed by atoms with van der Waals surface area (Å²) in [6.45, 7) is 3.53. The van der Waals surface area contributed by atoms with Crippen molar-refractivity contribution in [2.75, 3.05) is 0 Å². The number of halogens is 1. The fourth-order valence-corrected chi connectivity index (χ4v) is 0.586. The summed E-state index contributed by atoms with van der Waals surface area (Å²) in [6, 6.07) is 0. The number of allylic oxidation sites excluding steroid dienone is 2. The maximum absolute atomic E-state index is 9.78. The van der Waals surface area contributed by atoms with Gasteiger partial charge in [0.2, 0.25) is 0 Å². The minimum absolute atomic E-state index is 0.275. The van der Waals surface area contributed by atoms with Crippen molar-refractivity contribution in [2.24, 2.45) is 0 Å². The van der Waals surface area contributed by atoms with E-state index in [1.165, 1.54) is 0 Å². The fourth-order valence-electron chi connectivity index (χ4n) is 0.453. The maximum atomic E-state index is 9.78. The Bertz CT molecular complexity index is 134. The molecule has 0 aliphatic rings. The first-order valence-electron chi connectivity index (χ1n) is 2.81. The molecule has 0 amide bonds. The van der Waals surface area contributed by atoms with Crippen LogP contribution in [0.25, 0.3) is 0 Å². The molecule has 0 aliphatic carbocycles. The number of hydrogen-bond acceptors (Lipinski definition) is 1. The highest BCUT2D eigenvalue weighted by atomic mass is 35.5. The molecule has 50 valence electrons. The molecule has 0 unspecified atom stereocenters. The second-order valence-corrected chi connectivity index (χ2v) is 2.14. The SMILES string of the molecule is C=CCCCC(Cl)=C=O. The van der Waals surface area contributed by atoms with Gasteiger partial charge in [-0.1, -0.05) is 17.7 Å². The van der Waals surface area contributed by atoms with Crippen molar-refractivity contribution in [1.82, 2.24) is 0 Å². The Hall–Kier alpha value is -0.520. The molecule has 0 aliphatic heterocycles. The summed E-state index contributed by atoms with van der Waals surface area (Å²) in [6.07, 6.45) is 4.21. The second-order valence-electron chi connectivity index (χ2n) is 1.69. The third-order valence-corrected chi connectivity index (χ3v) is 1.18. The molecule has 0 atom stereocenters. The Balaban J connectivity index is 3.27. The molecule has 0 radical (unpaired) electrons. The van der Waals surface area contributed by atoms with Crippen LogP contribution in [-0.2, 0) is 4.79 Å². The molecule has 9 heavy (non-hydrogen) atoms. The largest absolute Gasteiger partial charge is 0.232 e. The molecule has 0 bridgehead atoms. The molecule has 0 rings (SSSR count). The predicted molar refractivity (Wildman–Crippen MR) is 39.1 cm³/mol. The molecule has 2 heteroatoms. The Morgan fingerprint density at radius 1 is 1.78 bits per heavy atom. The first-order valence-corrected chi connectivity index (χ1v) is 3.19. The zero-order valence-corrected chi connectivity index (χ0v) is 5.95. The van der Waals surface area contributed by atoms with Crippen LogP contribution < -0.4 is 0 Å². The van der Waals surface area contributed by atoms with Gasteiger partial charge in [-0.2, -0.15) is 0 Å². The van der Waals surface area contributed by atoms with E-state index in [1.807, 2.05) is 0 Å². The average Bonchev–Trinajstić information content (AvgIpc) is 1.89. The lowest BCUT2D eigenvalue weighted by atomic mass is 10.2. The third-order valence-electron chi connectivity index (χ3n) is 0.915. The van der Waals surface area contributed by atoms with Crippen LogP contribution in [0.5, 0.6) is 0 Å². The first kappa shape index (κ1) is 8.48. The van der Waals surface area contributed by atoms with Crippen molar-refractivity contribution < 1.29 is 4.79 Å². The zero-order valence-electron chi connectivity index (χ0n) is 5.19. The van der Waals surface area contributed by atoms with Crippen LogP contribution in [0.4, 0.5) is 0 Å². The van der Waals surface area contributed by atoms with Gasteiger partial charge in [-0.25, -0.2) is 4.79 Å². The van der Waals surface area contributed by atoms with Gasteiger partial charge in [-0.15, -0.1) is 6.58 Å². The van der Waals surface area contributed by atoms with Crippen molar-refractivity contribution in [3.63, 3.8) is 0 Å². The molecule has 0 saturated carbocycles. The van der Waals surface area contributed by atoms with Crippen molar-refractivity contribution in [3.05, 3.63) is 17.7 Å². The zero-order chi connectivity index (χ0) is 7.11. The van der Waals surface area contributed by atoms with E-state index in [-0.39, 0.29) is 5.03 Å². The number of unbranched alkanes of at least 4 members (excludes halogenated alkanes) is 1. The molecule has 0 saturated heterocycles. The number of rotatable bonds is 4. The monoisotopic (exact) mass is 144 g/mol. The summed E-state index contributed by atoms with van der Waals surface area (Å²) in [4.78, 5) is 9.78. The summed E-state index contributed by atoms with van der Waals surface area (Å²) in [5.41, 5.74) is 0. The molecular formula is C7H9ClO. The summed E-state index contributed by atoms with van der Waals surface area (Å²) in [7, 11) is 0. The molecule has 0 spiro atoms. The highest BCUT2D eigenvalue weighted by Crippen LogP contribution is 2.07. The van der Waals surface area contributed by atoms with Crippen LogP contribution in [0.2, 0.25) is 0 Å². The van der Waals surface area contributed by atoms with Gasteiger partial charge in [-0.05, 0) is 19.3 Å². The van der Waals surface area contributed by atoms with Crippen molar-refractivity contribution in [1.29, 1.82) is 0 Å². The Morgan fingerprint density at radius 3 is 2.89 bits per heavy atom. The Labute approximate surface area is 60.0 Å². The Morgan fingerprint density at radius 2 is 2.44 bits per heavy atom. The number of carbonyl (C=O) groups excluding carboxylic acids is 1. The first-order chi connectivity index (χ1) is 4.31. The predicted octanol–water partition coefficient (Wildman–Crippen LogP) is 2.30. The molecule has 0 aromatic carbocycles. The second kappa shape index (κ2) is 5.61. The van der Waals surface area contributed by atoms with Gasteiger partial charge >= 0.3 is 0 Å². The minimum atomic E-state index is 0.275. The molecular weight excluding hydrogens is 136 g/mol. The minimum Gasteiger partial charge on any atom is -0.232 e. The van der Waals surface area contributed by atoms with E-state index < -0.39 is 0 Å². The summed E-state index contributed by atoms with van der Waals surface area (Å²) in [5.74, 6) is 1.62. The standard InChI is InChI=1S/C7H9ClO/c1-2-3-4-5-7(8)6-9/h2H,1,3-5H2. The van der Waals surface area contributed by atoms with Crippen LogP contribution in [0, 0.1) is 0 Å². The molecule has 0 aromatic heterocycles. The quantitative estimate of drug-likeness (QED) is 0.336. The van der Waals surface area contributed by atoms with Crippen LogP contribution in [0.1, 0.15) is 19.3 Å². The van der Waals surface area contributed by atoms with E-state index in [1.54, 1.807) is 12.0 Å². The normalized spacial score (nSPS) is 8.11. The van der Waals surface area contributed by atoms with Crippen molar-refractivity contribution >= 4 is 17.5 Å². The Kier molecular flexibility index (Phi) is 5.29. The summed E-state index contributed by atoms with van der Waals surface area (Å²) < 4.78 is 0. The van der Waals surface area contributed by atoms with Crippen LogP contribution >= 0.6 is 11.6 Å². The summed E-state index contributed by atoms with van der Waals surface area (Å²) in [5, 5.41) is 0.275. The molecule has 1 nitrogen and oxygen atoms in total. The van der Waals surface area contributed by atoms with Gasteiger partial charge in [0.25, 0.3) is 0 Å². The lowest BCUT2D eigenvalue weighted by Crippen LogP contribution is -1.73. The van der Waals surface area contributed by atoms with Crippen LogP contribution in [0.15, 0.2) is 17.7 Å². The van der Waals surface area contributed by atoms with Gasteiger partial charge < -0.3 is 0 Å². The van der Waals surface area contributed by atoms with Crippen LogP contribution in [-0.4, -0.2) is 5.94 Å². The topological polar surface area (TPSA) is 17.1 Å². The lowest BCUT2D eigenvalue weighted by molar-refractivity contribution is 0.567. The fraction of sp³-hybridized carbons (Fsp3) is 0.429. The summed E-state index contributed by atoms with van der Waals surface area (Å²) >= 11 is 5.36. The van der Waals surface area contributed by atoms with Crippen molar-refractivity contribution in [2.45, 2.75) is 19.3 Å². The average molecular weight is 145 g/mol. The molecule has 0 N–H and O–H groups in total. The van der Waals surface area contributed by atoms with Gasteiger partial charge in [0.1, 0.15) is 11.0 Å².